The Bertz CT molecular complexity index is 1530. The second-order valence-corrected chi connectivity index (χ2v) is 9.64. The molecule has 32 heavy (non-hydrogen) atoms. The first-order valence-electron chi connectivity index (χ1n) is 8.87. The van der Waals surface area contributed by atoms with Crippen LogP contribution < -0.4 is 11.1 Å². The molecular weight excluding hydrogens is 460 g/mol. The number of ketones is 2. The van der Waals surface area contributed by atoms with Gasteiger partial charge < -0.3 is 11.1 Å². The molecule has 0 bridgehead atoms. The lowest BCUT2D eigenvalue weighted by molar-refractivity contribution is 0.0977. The van der Waals surface area contributed by atoms with E-state index in [2.05, 4.69) is 5.32 Å². The van der Waals surface area contributed by atoms with Crippen LogP contribution in [0.1, 0.15) is 31.8 Å². The number of hydrogen-bond donors (Lipinski definition) is 4. The second kappa shape index (κ2) is 7.24. The van der Waals surface area contributed by atoms with Crippen LogP contribution in [0.2, 0.25) is 0 Å². The Hall–Kier alpha value is -3.58. The van der Waals surface area contributed by atoms with Gasteiger partial charge in [-0.05, 0) is 24.3 Å². The molecule has 0 atom stereocenters. The van der Waals surface area contributed by atoms with Gasteiger partial charge in [-0.25, -0.2) is 0 Å². The van der Waals surface area contributed by atoms with Crippen LogP contribution >= 0.6 is 0 Å². The summed E-state index contributed by atoms with van der Waals surface area (Å²) in [5.74, 6) is -1.92. The third kappa shape index (κ3) is 3.44. The number of hydrogen-bond acceptors (Lipinski definition) is 8. The van der Waals surface area contributed by atoms with Gasteiger partial charge >= 0.3 is 0 Å². The molecule has 3 aromatic carbocycles. The van der Waals surface area contributed by atoms with E-state index in [4.69, 9.17) is 5.73 Å². The molecular formula is C20H14N2O8S2. The minimum atomic E-state index is -4.90. The maximum atomic E-state index is 13.4. The van der Waals surface area contributed by atoms with Crippen molar-refractivity contribution < 1.29 is 35.5 Å². The number of para-hydroxylation sites is 1. The number of fused-ring (bicyclic) bond motifs is 2. The van der Waals surface area contributed by atoms with Gasteiger partial charge in [0.25, 0.3) is 20.2 Å². The molecule has 0 saturated carbocycles. The number of carbonyl (C=O) groups is 2. The molecule has 5 N–H and O–H groups in total. The predicted molar refractivity (Wildman–Crippen MR) is 114 cm³/mol. The van der Waals surface area contributed by atoms with Crippen LogP contribution in [-0.2, 0) is 20.2 Å². The molecule has 12 heteroatoms. The van der Waals surface area contributed by atoms with E-state index in [1.165, 1.54) is 0 Å². The third-order valence-electron chi connectivity index (χ3n) is 4.89. The lowest BCUT2D eigenvalue weighted by Crippen LogP contribution is -2.27. The Labute approximate surface area is 182 Å². The maximum Gasteiger partial charge on any atom is 0.296 e. The molecule has 1 aliphatic rings. The number of benzene rings is 3. The first-order valence-corrected chi connectivity index (χ1v) is 11.7. The molecule has 164 valence electrons. The van der Waals surface area contributed by atoms with Gasteiger partial charge in [-0.15, -0.1) is 0 Å². The van der Waals surface area contributed by atoms with Crippen LogP contribution in [0.25, 0.3) is 0 Å². The molecule has 0 radical (unpaired) electrons. The van der Waals surface area contributed by atoms with Gasteiger partial charge in [0, 0.05) is 11.3 Å². The van der Waals surface area contributed by atoms with Crippen LogP contribution in [0, 0.1) is 0 Å². The normalized spacial score (nSPS) is 13.4. The van der Waals surface area contributed by atoms with E-state index in [1.54, 1.807) is 30.3 Å². The van der Waals surface area contributed by atoms with E-state index >= 15 is 0 Å². The highest BCUT2D eigenvalue weighted by Crippen LogP contribution is 2.41. The van der Waals surface area contributed by atoms with Crippen molar-refractivity contribution in [2.24, 2.45) is 0 Å². The van der Waals surface area contributed by atoms with Crippen molar-refractivity contribution in [3.05, 3.63) is 76.9 Å². The fraction of sp³-hybridized carbons (Fsp3) is 0. The summed E-state index contributed by atoms with van der Waals surface area (Å²) in [5.41, 5.74) is 3.55. The Morgan fingerprint density at radius 3 is 1.94 bits per heavy atom. The zero-order valence-corrected chi connectivity index (χ0v) is 17.6. The van der Waals surface area contributed by atoms with Gasteiger partial charge in [0.05, 0.1) is 28.1 Å². The van der Waals surface area contributed by atoms with Crippen LogP contribution in [0.5, 0.6) is 0 Å². The standard InChI is InChI=1S/C20H14N2O8S2/c21-18-14(32(28,29)30)9-12(22-10-5-2-1-3-6-10)16-17(18)19(23)11-7-4-8-13(31(25,26)27)15(11)20(16)24/h1-9,22H,21H2,(H,25,26,27)(H,28,29,30). The molecule has 0 amide bonds. The van der Waals surface area contributed by atoms with E-state index in [0.717, 1.165) is 24.3 Å². The molecule has 0 fully saturated rings. The van der Waals surface area contributed by atoms with Gasteiger partial charge in [0.2, 0.25) is 0 Å². The van der Waals surface area contributed by atoms with Crippen molar-refractivity contribution in [3.8, 4) is 0 Å². The Morgan fingerprint density at radius 1 is 0.719 bits per heavy atom. The van der Waals surface area contributed by atoms with Crippen LogP contribution in [0.4, 0.5) is 17.1 Å². The van der Waals surface area contributed by atoms with Crippen molar-refractivity contribution in [3.63, 3.8) is 0 Å². The van der Waals surface area contributed by atoms with E-state index < -0.39 is 64.0 Å². The summed E-state index contributed by atoms with van der Waals surface area (Å²) in [7, 11) is -9.77. The molecule has 1 aliphatic carbocycles. The highest BCUT2D eigenvalue weighted by molar-refractivity contribution is 7.86. The summed E-state index contributed by atoms with van der Waals surface area (Å²) in [6.07, 6.45) is 0. The van der Waals surface area contributed by atoms with Crippen molar-refractivity contribution >= 4 is 48.9 Å². The molecule has 0 saturated heterocycles. The summed E-state index contributed by atoms with van der Waals surface area (Å²) in [5, 5.41) is 2.80. The first-order chi connectivity index (χ1) is 14.9. The lowest BCUT2D eigenvalue weighted by Gasteiger charge is -2.24. The molecule has 0 aliphatic heterocycles. The van der Waals surface area contributed by atoms with Gasteiger partial charge in [-0.3, -0.25) is 18.7 Å². The van der Waals surface area contributed by atoms with Crippen LogP contribution in [0.15, 0.2) is 64.4 Å². The zero-order chi connectivity index (χ0) is 23.4. The van der Waals surface area contributed by atoms with Crippen LogP contribution in [-0.4, -0.2) is 37.5 Å². The number of carbonyl (C=O) groups excluding carboxylic acids is 2. The molecule has 0 spiro atoms. The molecule has 0 aromatic heterocycles. The summed E-state index contributed by atoms with van der Waals surface area (Å²) >= 11 is 0. The van der Waals surface area contributed by atoms with E-state index in [-0.39, 0.29) is 11.3 Å². The highest BCUT2D eigenvalue weighted by Gasteiger charge is 2.39. The quantitative estimate of drug-likeness (QED) is 0.253. The van der Waals surface area contributed by atoms with Gasteiger partial charge in [-0.2, -0.15) is 16.8 Å². The van der Waals surface area contributed by atoms with Crippen LogP contribution in [0.3, 0.4) is 0 Å². The van der Waals surface area contributed by atoms with E-state index in [1.807, 2.05) is 0 Å². The summed E-state index contributed by atoms with van der Waals surface area (Å²) in [4.78, 5) is 25.1. The highest BCUT2D eigenvalue weighted by atomic mass is 32.2. The SMILES string of the molecule is Nc1c(S(=O)(=O)O)cc(Nc2ccccc2)c2c1C(=O)c1cccc(S(=O)(=O)O)c1C2=O. The van der Waals surface area contributed by atoms with Crippen molar-refractivity contribution in [1.29, 1.82) is 0 Å². The number of nitrogens with one attached hydrogen (secondary N) is 1. The monoisotopic (exact) mass is 474 g/mol. The van der Waals surface area contributed by atoms with E-state index in [0.29, 0.717) is 5.69 Å². The average Bonchev–Trinajstić information content (AvgIpc) is 2.71. The predicted octanol–water partition coefficient (Wildman–Crippen LogP) is 2.28. The lowest BCUT2D eigenvalue weighted by atomic mass is 9.82. The summed E-state index contributed by atoms with van der Waals surface area (Å²) < 4.78 is 66.7. The minimum Gasteiger partial charge on any atom is -0.397 e. The molecule has 0 unspecified atom stereocenters. The smallest absolute Gasteiger partial charge is 0.296 e. The summed E-state index contributed by atoms with van der Waals surface area (Å²) in [6.45, 7) is 0. The molecule has 0 heterocycles. The molecule has 3 aromatic rings. The Morgan fingerprint density at radius 2 is 1.34 bits per heavy atom. The van der Waals surface area contributed by atoms with Gasteiger partial charge in [-0.1, -0.05) is 30.3 Å². The number of rotatable bonds is 4. The topological polar surface area (TPSA) is 181 Å². The van der Waals surface area contributed by atoms with Crippen molar-refractivity contribution in [2.75, 3.05) is 11.1 Å². The van der Waals surface area contributed by atoms with E-state index in [9.17, 15) is 35.5 Å². The number of anilines is 3. The average molecular weight is 474 g/mol. The summed E-state index contributed by atoms with van der Waals surface area (Å²) in [6, 6.07) is 12.3. The third-order valence-corrected chi connectivity index (χ3v) is 6.68. The van der Waals surface area contributed by atoms with Crippen molar-refractivity contribution in [2.45, 2.75) is 9.79 Å². The van der Waals surface area contributed by atoms with Crippen molar-refractivity contribution in [1.82, 2.24) is 0 Å². The molecule has 4 rings (SSSR count). The zero-order valence-electron chi connectivity index (χ0n) is 15.9. The number of nitrogen functional groups attached to an aromatic ring is 1. The Kier molecular flexibility index (Phi) is 4.90. The second-order valence-electron chi connectivity index (χ2n) is 6.86. The van der Waals surface area contributed by atoms with Gasteiger partial charge in [0.1, 0.15) is 9.79 Å². The molecule has 10 nitrogen and oxygen atoms in total. The number of nitrogens with two attached hydrogens (primary N) is 1. The Balaban J connectivity index is 2.10. The van der Waals surface area contributed by atoms with Gasteiger partial charge in [0.15, 0.2) is 11.6 Å². The fourth-order valence-electron chi connectivity index (χ4n) is 3.56. The fourth-order valence-corrected chi connectivity index (χ4v) is 4.92. The minimum absolute atomic E-state index is 0.206. The maximum absolute atomic E-state index is 13.4. The largest absolute Gasteiger partial charge is 0.397 e. The first kappa shape index (κ1) is 21.6.